The molecule has 1 saturated heterocycles. The number of amides is 2. The van der Waals surface area contributed by atoms with Crippen LogP contribution in [0.2, 0.25) is 0 Å². The molecule has 1 heterocycles. The van der Waals surface area contributed by atoms with Crippen LogP contribution in [0.25, 0.3) is 11.1 Å². The summed E-state index contributed by atoms with van der Waals surface area (Å²) in [7, 11) is 0. The highest BCUT2D eigenvalue weighted by Crippen LogP contribution is 2.44. The number of nitrogens with one attached hydrogen (secondary N) is 1. The fraction of sp³-hybridized carbons (Fsp3) is 0.444. The van der Waals surface area contributed by atoms with E-state index in [0.717, 1.165) is 28.7 Å². The highest BCUT2D eigenvalue weighted by Gasteiger charge is 2.49. The molecule has 7 heteroatoms. The van der Waals surface area contributed by atoms with E-state index in [1.807, 2.05) is 31.2 Å². The number of benzene rings is 2. The number of aliphatic carboxylic acids is 1. The zero-order valence-corrected chi connectivity index (χ0v) is 19.3. The number of alkyl carbamates (subject to hydrolysis) is 1. The summed E-state index contributed by atoms with van der Waals surface area (Å²) in [6.45, 7) is 2.86. The Bertz CT molecular complexity index is 1080. The summed E-state index contributed by atoms with van der Waals surface area (Å²) in [5, 5.41) is 12.2. The molecular formula is C27H30N2O5. The van der Waals surface area contributed by atoms with Crippen molar-refractivity contribution in [2.45, 2.75) is 44.1 Å². The Kier molecular flexibility index (Phi) is 5.80. The van der Waals surface area contributed by atoms with E-state index in [1.165, 1.54) is 0 Å². The van der Waals surface area contributed by atoms with Crippen molar-refractivity contribution in [2.75, 3.05) is 19.7 Å². The van der Waals surface area contributed by atoms with Gasteiger partial charge in [-0.2, -0.15) is 0 Å². The van der Waals surface area contributed by atoms with Gasteiger partial charge in [0.2, 0.25) is 5.91 Å². The van der Waals surface area contributed by atoms with E-state index >= 15 is 0 Å². The van der Waals surface area contributed by atoms with Gasteiger partial charge in [-0.05, 0) is 53.9 Å². The first-order chi connectivity index (χ1) is 16.4. The van der Waals surface area contributed by atoms with E-state index in [2.05, 4.69) is 29.6 Å². The molecule has 34 heavy (non-hydrogen) atoms. The van der Waals surface area contributed by atoms with Gasteiger partial charge in [0.15, 0.2) is 0 Å². The lowest BCUT2D eigenvalue weighted by Gasteiger charge is -2.46. The van der Waals surface area contributed by atoms with Gasteiger partial charge in [-0.25, -0.2) is 4.79 Å². The van der Waals surface area contributed by atoms with E-state index in [0.29, 0.717) is 32.4 Å². The first-order valence-corrected chi connectivity index (χ1v) is 12.0. The summed E-state index contributed by atoms with van der Waals surface area (Å²) in [6.07, 6.45) is 1.86. The molecule has 0 aromatic heterocycles. The third-order valence-corrected chi connectivity index (χ3v) is 7.81. The monoisotopic (exact) mass is 462 g/mol. The maximum absolute atomic E-state index is 13.4. The number of likely N-dealkylation sites (tertiary alicyclic amines) is 1. The number of hydrogen-bond donors (Lipinski definition) is 2. The molecule has 2 aliphatic carbocycles. The Hall–Kier alpha value is -3.35. The zero-order chi connectivity index (χ0) is 23.9. The minimum Gasteiger partial charge on any atom is -0.481 e. The van der Waals surface area contributed by atoms with Crippen LogP contribution in [0.15, 0.2) is 48.5 Å². The summed E-state index contributed by atoms with van der Waals surface area (Å²) in [5.41, 5.74) is 3.66. The Morgan fingerprint density at radius 3 is 2.21 bits per heavy atom. The van der Waals surface area contributed by atoms with E-state index < -0.39 is 23.5 Å². The molecule has 2 atom stereocenters. The van der Waals surface area contributed by atoms with Crippen molar-refractivity contribution >= 4 is 18.0 Å². The van der Waals surface area contributed by atoms with Crippen LogP contribution in [-0.4, -0.2) is 53.2 Å². The highest BCUT2D eigenvalue weighted by molar-refractivity contribution is 5.91. The van der Waals surface area contributed by atoms with Crippen LogP contribution in [0.3, 0.4) is 0 Å². The Labute approximate surface area is 199 Å². The number of carbonyl (C=O) groups excluding carboxylic acids is 2. The van der Waals surface area contributed by atoms with Gasteiger partial charge in [0, 0.05) is 19.0 Å². The van der Waals surface area contributed by atoms with Gasteiger partial charge < -0.3 is 20.1 Å². The van der Waals surface area contributed by atoms with E-state index in [4.69, 9.17) is 4.74 Å². The lowest BCUT2D eigenvalue weighted by molar-refractivity contribution is -0.151. The van der Waals surface area contributed by atoms with Gasteiger partial charge in [0.25, 0.3) is 0 Å². The second kappa shape index (κ2) is 8.78. The van der Waals surface area contributed by atoms with Crippen LogP contribution in [0.1, 0.15) is 49.7 Å². The van der Waals surface area contributed by atoms with E-state index in [-0.39, 0.29) is 24.3 Å². The predicted octanol–water partition coefficient (Wildman–Crippen LogP) is 4.02. The maximum Gasteiger partial charge on any atom is 0.408 e. The number of fused-ring (bicyclic) bond motifs is 3. The predicted molar refractivity (Wildman–Crippen MR) is 126 cm³/mol. The third-order valence-electron chi connectivity index (χ3n) is 7.81. The van der Waals surface area contributed by atoms with Gasteiger partial charge in [-0.1, -0.05) is 55.5 Å². The summed E-state index contributed by atoms with van der Waals surface area (Å²) in [4.78, 5) is 39.3. The molecule has 7 nitrogen and oxygen atoms in total. The van der Waals surface area contributed by atoms with Crippen LogP contribution >= 0.6 is 0 Å². The van der Waals surface area contributed by atoms with Crippen molar-refractivity contribution in [1.82, 2.24) is 10.2 Å². The topological polar surface area (TPSA) is 95.9 Å². The molecule has 3 aliphatic rings. The third kappa shape index (κ3) is 3.83. The van der Waals surface area contributed by atoms with Crippen molar-refractivity contribution < 1.29 is 24.2 Å². The van der Waals surface area contributed by atoms with Gasteiger partial charge in [0.05, 0.1) is 5.92 Å². The molecule has 2 aromatic carbocycles. The van der Waals surface area contributed by atoms with Gasteiger partial charge >= 0.3 is 12.1 Å². The number of ether oxygens (including phenoxy) is 1. The molecule has 2 aromatic rings. The Morgan fingerprint density at radius 1 is 1.06 bits per heavy atom. The smallest absolute Gasteiger partial charge is 0.408 e. The molecule has 178 valence electrons. The summed E-state index contributed by atoms with van der Waals surface area (Å²) in [6, 6.07) is 16.3. The lowest BCUT2D eigenvalue weighted by atomic mass is 9.74. The Balaban J connectivity index is 1.24. The summed E-state index contributed by atoms with van der Waals surface area (Å²) < 4.78 is 5.68. The molecular weight excluding hydrogens is 432 g/mol. The molecule has 2 amide bonds. The SMILES string of the molecule is CC1CN(C(=O)C2(NC(=O)OCC3c4ccccc4-c4ccccc43)CCC2)CCC1C(=O)O. The first kappa shape index (κ1) is 22.4. The largest absolute Gasteiger partial charge is 0.481 e. The summed E-state index contributed by atoms with van der Waals surface area (Å²) >= 11 is 0. The van der Waals surface area contributed by atoms with Crippen molar-refractivity contribution in [3.05, 3.63) is 59.7 Å². The van der Waals surface area contributed by atoms with Crippen LogP contribution < -0.4 is 5.32 Å². The quantitative estimate of drug-likeness (QED) is 0.700. The second-order valence-electron chi connectivity index (χ2n) is 9.85. The Morgan fingerprint density at radius 2 is 1.68 bits per heavy atom. The normalized spacial score (nSPS) is 22.8. The minimum atomic E-state index is -0.946. The number of carboxylic acid groups (broad SMARTS) is 1. The maximum atomic E-state index is 13.4. The van der Waals surface area contributed by atoms with Gasteiger partial charge in [0.1, 0.15) is 12.1 Å². The first-order valence-electron chi connectivity index (χ1n) is 12.0. The standard InChI is InChI=1S/C27H30N2O5/c1-17-15-29(14-11-18(17)24(30)31)25(32)27(12-6-13-27)28-26(33)34-16-23-21-9-4-2-7-19(21)20-8-3-5-10-22(20)23/h2-5,7-10,17-18,23H,6,11-16H2,1H3,(H,28,33)(H,30,31). The molecule has 1 aliphatic heterocycles. The zero-order valence-electron chi connectivity index (χ0n) is 19.3. The fourth-order valence-electron chi connectivity index (χ4n) is 5.75. The number of nitrogens with zero attached hydrogens (tertiary/aromatic N) is 1. The van der Waals surface area contributed by atoms with Crippen molar-refractivity contribution in [2.24, 2.45) is 11.8 Å². The average Bonchev–Trinajstić information content (AvgIpc) is 3.13. The molecule has 2 N–H and O–H groups in total. The fourth-order valence-corrected chi connectivity index (χ4v) is 5.75. The lowest BCUT2D eigenvalue weighted by Crippen LogP contribution is -2.65. The molecule has 5 rings (SSSR count). The molecule has 2 unspecified atom stereocenters. The van der Waals surface area contributed by atoms with Crippen molar-refractivity contribution in [1.29, 1.82) is 0 Å². The number of rotatable bonds is 5. The highest BCUT2D eigenvalue weighted by atomic mass is 16.5. The van der Waals surface area contributed by atoms with Crippen LogP contribution in [0.5, 0.6) is 0 Å². The molecule has 1 saturated carbocycles. The van der Waals surface area contributed by atoms with Gasteiger partial charge in [-0.15, -0.1) is 0 Å². The van der Waals surface area contributed by atoms with Crippen molar-refractivity contribution in [3.8, 4) is 11.1 Å². The van der Waals surface area contributed by atoms with Crippen LogP contribution in [0, 0.1) is 11.8 Å². The molecule has 0 radical (unpaired) electrons. The molecule has 2 fully saturated rings. The average molecular weight is 463 g/mol. The van der Waals surface area contributed by atoms with E-state index in [9.17, 15) is 19.5 Å². The molecule has 0 spiro atoms. The second-order valence-corrected chi connectivity index (χ2v) is 9.85. The number of hydrogen-bond acceptors (Lipinski definition) is 4. The number of piperidine rings is 1. The minimum absolute atomic E-state index is 0.0397. The summed E-state index contributed by atoms with van der Waals surface area (Å²) in [5.74, 6) is -1.53. The van der Waals surface area contributed by atoms with Crippen molar-refractivity contribution in [3.63, 3.8) is 0 Å². The number of carbonyl (C=O) groups is 3. The van der Waals surface area contributed by atoms with Crippen LogP contribution in [0.4, 0.5) is 4.79 Å². The number of carboxylic acids is 1. The van der Waals surface area contributed by atoms with E-state index in [1.54, 1.807) is 4.90 Å². The van der Waals surface area contributed by atoms with Gasteiger partial charge in [-0.3, -0.25) is 9.59 Å². The van der Waals surface area contributed by atoms with Crippen LogP contribution in [-0.2, 0) is 14.3 Å². The molecule has 0 bridgehead atoms.